The first-order valence-electron chi connectivity index (χ1n) is 1.71. The average molecular weight is 278 g/mol. The average Bonchev–Trinajstić information content (AvgIpc) is 1.12. The Morgan fingerprint density at radius 2 is 0.750 bits per heavy atom. The molecular formula is H4MgO8Si2Zn. The molecule has 64 valence electrons. The van der Waals surface area contributed by atoms with Crippen LogP contribution in [0.15, 0.2) is 0 Å². The van der Waals surface area contributed by atoms with Crippen LogP contribution >= 0.6 is 0 Å². The van der Waals surface area contributed by atoms with Crippen molar-refractivity contribution in [3.05, 3.63) is 0 Å². The smallest absolute Gasteiger partial charge is 0.894 e. The summed E-state index contributed by atoms with van der Waals surface area (Å²) in [5.74, 6) is 0. The summed E-state index contributed by atoms with van der Waals surface area (Å²) in [6.45, 7) is 0. The van der Waals surface area contributed by atoms with E-state index in [1.54, 1.807) is 0 Å². The minimum atomic E-state index is -5.61. The van der Waals surface area contributed by atoms with E-state index < -0.39 is 18.1 Å². The van der Waals surface area contributed by atoms with E-state index in [0.717, 1.165) is 0 Å². The molecule has 8 nitrogen and oxygen atoms in total. The number of hydrogen-bond donors (Lipinski definition) is 4. The second-order valence-electron chi connectivity index (χ2n) is 1.10. The van der Waals surface area contributed by atoms with Crippen molar-refractivity contribution in [3.63, 3.8) is 0 Å². The van der Waals surface area contributed by atoms with Gasteiger partial charge in [0.05, 0.1) is 0 Å². The quantitative estimate of drug-likeness (QED) is 0.316. The van der Waals surface area contributed by atoms with E-state index in [1.165, 1.54) is 0 Å². The van der Waals surface area contributed by atoms with E-state index in [4.69, 9.17) is 38.4 Å². The Hall–Kier alpha value is 1.50. The monoisotopic (exact) mass is 276 g/mol. The normalized spacial score (nSPS) is 10.0. The summed E-state index contributed by atoms with van der Waals surface area (Å²) >= 11 is 0. The summed E-state index contributed by atoms with van der Waals surface area (Å²) < 4.78 is 0. The molecule has 0 aromatic rings. The Bertz CT molecular complexity index is 60.0. The predicted octanol–water partition coefficient (Wildman–Crippen LogP) is -8.13. The fourth-order valence-electron chi connectivity index (χ4n) is 0. The zero-order valence-corrected chi connectivity index (χ0v) is 12.2. The first kappa shape index (κ1) is 23.4. The molecule has 12 heavy (non-hydrogen) atoms. The Morgan fingerprint density at radius 1 is 0.750 bits per heavy atom. The zero-order valence-electron chi connectivity index (χ0n) is 5.84. The Morgan fingerprint density at radius 3 is 0.750 bits per heavy atom. The van der Waals surface area contributed by atoms with Crippen molar-refractivity contribution >= 4 is 41.1 Å². The molecule has 0 aliphatic rings. The first-order valence-corrected chi connectivity index (χ1v) is 5.13. The SMILES string of the molecule is O[Si](O)(O)O.[Mg+2].[O-][Si]([O-])([O-])[O-].[Zn+2]. The second-order valence-corrected chi connectivity index (χ2v) is 3.30. The van der Waals surface area contributed by atoms with Gasteiger partial charge in [-0.05, 0) is 0 Å². The fourth-order valence-corrected chi connectivity index (χ4v) is 0. The van der Waals surface area contributed by atoms with E-state index >= 15 is 0 Å². The Balaban J connectivity index is -0.0000000457. The van der Waals surface area contributed by atoms with Crippen LogP contribution in [0.1, 0.15) is 0 Å². The molecule has 0 bridgehead atoms. The summed E-state index contributed by atoms with van der Waals surface area (Å²) in [6, 6.07) is 0. The van der Waals surface area contributed by atoms with Gasteiger partial charge in [-0.3, -0.25) is 0 Å². The van der Waals surface area contributed by atoms with Crippen LogP contribution in [0.25, 0.3) is 0 Å². The summed E-state index contributed by atoms with van der Waals surface area (Å²) in [4.78, 5) is 63.6. The molecule has 0 aliphatic carbocycles. The van der Waals surface area contributed by atoms with Gasteiger partial charge in [0.15, 0.2) is 0 Å². The third-order valence-corrected chi connectivity index (χ3v) is 0. The molecule has 0 unspecified atom stereocenters. The van der Waals surface area contributed by atoms with Crippen LogP contribution < -0.4 is 19.2 Å². The third-order valence-electron chi connectivity index (χ3n) is 0. The van der Waals surface area contributed by atoms with Crippen molar-refractivity contribution in [2.75, 3.05) is 0 Å². The van der Waals surface area contributed by atoms with Crippen molar-refractivity contribution in [1.29, 1.82) is 0 Å². The van der Waals surface area contributed by atoms with Crippen LogP contribution in [0.3, 0.4) is 0 Å². The summed E-state index contributed by atoms with van der Waals surface area (Å²) in [7, 11) is -10.2. The van der Waals surface area contributed by atoms with E-state index in [2.05, 4.69) is 0 Å². The van der Waals surface area contributed by atoms with Crippen LogP contribution in [0.2, 0.25) is 0 Å². The number of rotatable bonds is 0. The molecule has 0 saturated heterocycles. The molecule has 0 spiro atoms. The van der Waals surface area contributed by atoms with Crippen molar-refractivity contribution in [2.24, 2.45) is 0 Å². The summed E-state index contributed by atoms with van der Waals surface area (Å²) in [5, 5.41) is 0. The van der Waals surface area contributed by atoms with Gasteiger partial charge in [0.2, 0.25) is 0 Å². The van der Waals surface area contributed by atoms with Crippen molar-refractivity contribution in [1.82, 2.24) is 0 Å². The topological polar surface area (TPSA) is 173 Å². The van der Waals surface area contributed by atoms with Crippen LogP contribution in [0.4, 0.5) is 0 Å². The molecule has 0 heterocycles. The van der Waals surface area contributed by atoms with Gasteiger partial charge in [-0.25, -0.2) is 0 Å². The van der Waals surface area contributed by atoms with Crippen LogP contribution in [-0.2, 0) is 19.5 Å². The van der Waals surface area contributed by atoms with Gasteiger partial charge in [0.1, 0.15) is 0 Å². The molecule has 0 rings (SSSR count). The van der Waals surface area contributed by atoms with Gasteiger partial charge >= 0.3 is 51.6 Å². The van der Waals surface area contributed by atoms with Gasteiger partial charge in [-0.2, -0.15) is 0 Å². The van der Waals surface area contributed by atoms with E-state index in [-0.39, 0.29) is 42.5 Å². The van der Waals surface area contributed by atoms with Gasteiger partial charge in [0.25, 0.3) is 0 Å². The van der Waals surface area contributed by atoms with Gasteiger partial charge in [0, 0.05) is 0 Å². The van der Waals surface area contributed by atoms with Crippen LogP contribution in [0.5, 0.6) is 0 Å². The molecule has 0 aromatic carbocycles. The molecule has 12 heteroatoms. The molecule has 0 fully saturated rings. The minimum absolute atomic E-state index is 0. The van der Waals surface area contributed by atoms with E-state index in [0.29, 0.717) is 0 Å². The molecule has 4 N–H and O–H groups in total. The molecule has 0 atom stereocenters. The molecule has 0 aliphatic heterocycles. The fraction of sp³-hybridized carbons (Fsp3) is 0. The van der Waals surface area contributed by atoms with Gasteiger partial charge in [-0.1, -0.05) is 0 Å². The Labute approximate surface area is 98.6 Å². The maximum absolute atomic E-state index is 8.58. The molecule has 0 aromatic heterocycles. The maximum Gasteiger partial charge on any atom is 2.00 e. The largest absolute Gasteiger partial charge is 2.00 e. The van der Waals surface area contributed by atoms with Crippen molar-refractivity contribution in [3.8, 4) is 0 Å². The molecule has 0 saturated carbocycles. The summed E-state index contributed by atoms with van der Waals surface area (Å²) in [5.41, 5.74) is 0. The predicted molar refractivity (Wildman–Crippen MR) is 26.1 cm³/mol. The zero-order chi connectivity index (χ0) is 9.00. The second kappa shape index (κ2) is 9.07. The molecule has 0 amide bonds. The van der Waals surface area contributed by atoms with Crippen molar-refractivity contribution in [2.45, 2.75) is 0 Å². The Kier molecular flexibility index (Phi) is 17.7. The van der Waals surface area contributed by atoms with E-state index in [9.17, 15) is 0 Å². The third kappa shape index (κ3) is 561. The van der Waals surface area contributed by atoms with Crippen molar-refractivity contribution < 1.29 is 57.8 Å². The number of hydrogen-bond acceptors (Lipinski definition) is 8. The van der Waals surface area contributed by atoms with Gasteiger partial charge in [-0.15, -0.1) is 0 Å². The van der Waals surface area contributed by atoms with Crippen LogP contribution in [0, 0.1) is 0 Å². The maximum atomic E-state index is 8.58. The van der Waals surface area contributed by atoms with Crippen LogP contribution in [-0.4, -0.2) is 60.3 Å². The van der Waals surface area contributed by atoms with Gasteiger partial charge < -0.3 is 47.4 Å². The van der Waals surface area contributed by atoms with E-state index in [1.807, 2.05) is 0 Å². The molecule has 0 radical (unpaired) electrons. The standard InChI is InChI=1S/Mg.H4O4Si.O4Si.Zn/c;2*1-5(2,3)4;/h;1-4H;;/q+2;;-4;+2. The summed E-state index contributed by atoms with van der Waals surface area (Å²) in [6.07, 6.45) is 0. The molecular weight excluding hydrogens is 274 g/mol. The first-order chi connectivity index (χ1) is 4.00. The minimum Gasteiger partial charge on any atom is -0.894 e.